The number of hydrogen-bond acceptors (Lipinski definition) is 1. The predicted molar refractivity (Wildman–Crippen MR) is 105 cm³/mol. The number of rotatable bonds is 4. The van der Waals surface area contributed by atoms with Crippen molar-refractivity contribution in [2.75, 3.05) is 6.54 Å². The Kier molecular flexibility index (Phi) is 3.77. The number of H-pyrrole nitrogens is 1. The van der Waals surface area contributed by atoms with E-state index in [-0.39, 0.29) is 17.9 Å². The van der Waals surface area contributed by atoms with Gasteiger partial charge in [0.1, 0.15) is 0 Å². The molecular formula is C21H18Cl2N2O. The average molecular weight is 385 g/mol. The van der Waals surface area contributed by atoms with Crippen molar-refractivity contribution in [1.82, 2.24) is 9.88 Å². The second kappa shape index (κ2) is 6.04. The number of β-lactam (4-membered cyclic amide) rings is 1. The highest BCUT2D eigenvalue weighted by atomic mass is 35.5. The molecule has 2 atom stereocenters. The monoisotopic (exact) mass is 384 g/mol. The topological polar surface area (TPSA) is 36.1 Å². The summed E-state index contributed by atoms with van der Waals surface area (Å²) in [5.74, 6) is 0.710. The van der Waals surface area contributed by atoms with Gasteiger partial charge in [-0.1, -0.05) is 41.4 Å². The predicted octanol–water partition coefficient (Wildman–Crippen LogP) is 5.55. The summed E-state index contributed by atoms with van der Waals surface area (Å²) in [5.41, 5.74) is 3.10. The largest absolute Gasteiger partial charge is 0.357 e. The van der Waals surface area contributed by atoms with Crippen molar-refractivity contribution in [3.8, 4) is 0 Å². The molecule has 2 aromatic carbocycles. The zero-order valence-electron chi connectivity index (χ0n) is 14.1. The Balaban J connectivity index is 1.55. The summed E-state index contributed by atoms with van der Waals surface area (Å²) >= 11 is 12.2. The molecule has 3 aromatic rings. The average Bonchev–Trinajstić information content (AvgIpc) is 3.36. The number of amides is 1. The van der Waals surface area contributed by atoms with Gasteiger partial charge in [-0.15, -0.1) is 0 Å². The standard InChI is InChI=1S/C21H18Cl2N2O/c22-15-6-3-13(4-7-15)19-20(25(21(19)26)11-12-1-2-12)18-9-14-5-8-16(23)10-17(14)24-18/h3-10,12,19-20,24H,1-2,11H2. The molecule has 2 fully saturated rings. The zero-order valence-corrected chi connectivity index (χ0v) is 15.6. The van der Waals surface area contributed by atoms with Crippen molar-refractivity contribution in [2.24, 2.45) is 5.92 Å². The molecule has 0 spiro atoms. The van der Waals surface area contributed by atoms with Gasteiger partial charge in [-0.2, -0.15) is 0 Å². The van der Waals surface area contributed by atoms with E-state index in [2.05, 4.69) is 11.1 Å². The summed E-state index contributed by atoms with van der Waals surface area (Å²) in [6.45, 7) is 0.851. The normalized spacial score (nSPS) is 22.7. The molecule has 2 heterocycles. The number of fused-ring (bicyclic) bond motifs is 1. The molecule has 0 radical (unpaired) electrons. The summed E-state index contributed by atoms with van der Waals surface area (Å²) in [6.07, 6.45) is 2.45. The third kappa shape index (κ3) is 2.70. The molecule has 2 unspecified atom stereocenters. The number of benzene rings is 2. The smallest absolute Gasteiger partial charge is 0.233 e. The quantitative estimate of drug-likeness (QED) is 0.587. The maximum atomic E-state index is 12.9. The first-order valence-electron chi connectivity index (χ1n) is 8.94. The lowest BCUT2D eigenvalue weighted by atomic mass is 9.79. The third-order valence-corrected chi connectivity index (χ3v) is 5.99. The van der Waals surface area contributed by atoms with Gasteiger partial charge in [0, 0.05) is 27.8 Å². The fraction of sp³-hybridized carbons (Fsp3) is 0.286. The van der Waals surface area contributed by atoms with Gasteiger partial charge in [0.05, 0.1) is 12.0 Å². The lowest BCUT2D eigenvalue weighted by molar-refractivity contribution is -0.151. The van der Waals surface area contributed by atoms with E-state index in [1.54, 1.807) is 0 Å². The van der Waals surface area contributed by atoms with E-state index >= 15 is 0 Å². The summed E-state index contributed by atoms with van der Waals surface area (Å²) in [4.78, 5) is 18.4. The minimum Gasteiger partial charge on any atom is -0.357 e. The van der Waals surface area contributed by atoms with Crippen LogP contribution in [0.1, 0.15) is 36.1 Å². The molecule has 3 nitrogen and oxygen atoms in total. The van der Waals surface area contributed by atoms with Gasteiger partial charge in [-0.25, -0.2) is 0 Å². The highest BCUT2D eigenvalue weighted by molar-refractivity contribution is 6.31. The number of carbonyl (C=O) groups is 1. The lowest BCUT2D eigenvalue weighted by Crippen LogP contribution is -2.54. The summed E-state index contributed by atoms with van der Waals surface area (Å²) in [7, 11) is 0. The van der Waals surface area contributed by atoms with Crippen LogP contribution in [-0.2, 0) is 4.79 Å². The van der Waals surface area contributed by atoms with Gasteiger partial charge in [-0.3, -0.25) is 4.79 Å². The maximum Gasteiger partial charge on any atom is 0.233 e. The van der Waals surface area contributed by atoms with Crippen molar-refractivity contribution in [3.63, 3.8) is 0 Å². The first-order valence-corrected chi connectivity index (χ1v) is 9.70. The Morgan fingerprint density at radius 2 is 1.73 bits per heavy atom. The first kappa shape index (κ1) is 16.2. The van der Waals surface area contributed by atoms with Crippen LogP contribution in [0.25, 0.3) is 10.9 Å². The number of nitrogens with one attached hydrogen (secondary N) is 1. The second-order valence-corrected chi connectivity index (χ2v) is 8.24. The van der Waals surface area contributed by atoms with Crippen molar-refractivity contribution in [1.29, 1.82) is 0 Å². The number of hydrogen-bond donors (Lipinski definition) is 1. The Morgan fingerprint density at radius 3 is 2.46 bits per heavy atom. The lowest BCUT2D eigenvalue weighted by Gasteiger charge is -2.47. The molecule has 1 N–H and O–H groups in total. The number of likely N-dealkylation sites (tertiary alicyclic amines) is 1. The Hall–Kier alpha value is -1.97. The minimum atomic E-state index is -0.158. The van der Waals surface area contributed by atoms with Gasteiger partial charge >= 0.3 is 0 Å². The van der Waals surface area contributed by atoms with Crippen LogP contribution < -0.4 is 0 Å². The number of aromatic nitrogens is 1. The summed E-state index contributed by atoms with van der Waals surface area (Å²) < 4.78 is 0. The molecule has 26 heavy (non-hydrogen) atoms. The SMILES string of the molecule is O=C1C(c2ccc(Cl)cc2)C(c2cc3ccc(Cl)cc3[nH]2)N1CC1CC1. The van der Waals surface area contributed by atoms with Crippen LogP contribution in [0.5, 0.6) is 0 Å². The molecule has 1 aliphatic heterocycles. The number of nitrogens with zero attached hydrogens (tertiary/aromatic N) is 1. The maximum absolute atomic E-state index is 12.9. The molecule has 5 heteroatoms. The number of carbonyl (C=O) groups excluding carboxylic acids is 1. The number of halogens is 2. The Labute approximate surface area is 161 Å². The molecule has 132 valence electrons. The minimum absolute atomic E-state index is 0.0375. The van der Waals surface area contributed by atoms with E-state index in [1.807, 2.05) is 47.4 Å². The molecule has 2 aliphatic rings. The van der Waals surface area contributed by atoms with Crippen molar-refractivity contribution >= 4 is 40.0 Å². The van der Waals surface area contributed by atoms with E-state index in [0.29, 0.717) is 16.0 Å². The Bertz CT molecular complexity index is 991. The molecule has 0 bridgehead atoms. The van der Waals surface area contributed by atoms with Crippen LogP contribution in [-0.4, -0.2) is 22.3 Å². The van der Waals surface area contributed by atoms with E-state index in [4.69, 9.17) is 23.2 Å². The highest BCUT2D eigenvalue weighted by Crippen LogP contribution is 2.49. The molecule has 5 rings (SSSR count). The van der Waals surface area contributed by atoms with Crippen molar-refractivity contribution in [2.45, 2.75) is 24.8 Å². The summed E-state index contributed by atoms with van der Waals surface area (Å²) in [6, 6.07) is 15.7. The molecular weight excluding hydrogens is 367 g/mol. The third-order valence-electron chi connectivity index (χ3n) is 5.51. The molecule has 1 saturated heterocycles. The fourth-order valence-corrected chi connectivity index (χ4v) is 4.25. The van der Waals surface area contributed by atoms with Crippen LogP contribution in [0.2, 0.25) is 10.0 Å². The van der Waals surface area contributed by atoms with Crippen LogP contribution in [0.15, 0.2) is 48.5 Å². The van der Waals surface area contributed by atoms with Gasteiger partial charge < -0.3 is 9.88 Å². The first-order chi connectivity index (χ1) is 12.6. The summed E-state index contributed by atoms with van der Waals surface area (Å²) in [5, 5.41) is 2.51. The van der Waals surface area contributed by atoms with Crippen molar-refractivity contribution < 1.29 is 4.79 Å². The van der Waals surface area contributed by atoms with Gasteiger partial charge in [0.15, 0.2) is 0 Å². The van der Waals surface area contributed by atoms with Gasteiger partial charge in [0.2, 0.25) is 5.91 Å². The van der Waals surface area contributed by atoms with Crippen LogP contribution in [0.3, 0.4) is 0 Å². The molecule has 1 aliphatic carbocycles. The Morgan fingerprint density at radius 1 is 1.00 bits per heavy atom. The number of aromatic amines is 1. The van der Waals surface area contributed by atoms with Gasteiger partial charge in [0.25, 0.3) is 0 Å². The van der Waals surface area contributed by atoms with Gasteiger partial charge in [-0.05, 0) is 60.0 Å². The van der Waals surface area contributed by atoms with E-state index in [9.17, 15) is 4.79 Å². The zero-order chi connectivity index (χ0) is 17.8. The van der Waals surface area contributed by atoms with E-state index in [0.717, 1.165) is 28.7 Å². The highest BCUT2D eigenvalue weighted by Gasteiger charge is 2.50. The van der Waals surface area contributed by atoms with Crippen molar-refractivity contribution in [3.05, 3.63) is 69.8 Å². The van der Waals surface area contributed by atoms with E-state index < -0.39 is 0 Å². The van der Waals surface area contributed by atoms with Crippen LogP contribution >= 0.6 is 23.2 Å². The van der Waals surface area contributed by atoms with Crippen LogP contribution in [0, 0.1) is 5.92 Å². The van der Waals surface area contributed by atoms with E-state index in [1.165, 1.54) is 12.8 Å². The fourth-order valence-electron chi connectivity index (χ4n) is 3.95. The van der Waals surface area contributed by atoms with Crippen LogP contribution in [0.4, 0.5) is 0 Å². The molecule has 1 amide bonds. The molecule has 1 aromatic heterocycles. The second-order valence-electron chi connectivity index (χ2n) is 7.36. The molecule has 1 saturated carbocycles.